The van der Waals surface area contributed by atoms with Crippen LogP contribution in [-0.4, -0.2) is 24.1 Å². The molecule has 110 valence electrons. The Morgan fingerprint density at radius 2 is 2.20 bits per heavy atom. The fourth-order valence-electron chi connectivity index (χ4n) is 1.33. The summed E-state index contributed by atoms with van der Waals surface area (Å²) in [5, 5.41) is 11.1. The number of unbranched alkanes of at least 4 members (excludes halogenated alkanes) is 1. The van der Waals surface area contributed by atoms with Crippen LogP contribution in [0.1, 0.15) is 19.8 Å². The number of esters is 1. The molecule has 0 aromatic heterocycles. The lowest BCUT2D eigenvalue weighted by Crippen LogP contribution is -2.16. The molecule has 0 aliphatic carbocycles. The number of nitro benzene ring substituents is 1. The van der Waals surface area contributed by atoms with E-state index in [2.05, 4.69) is 15.9 Å². The van der Waals surface area contributed by atoms with Crippen molar-refractivity contribution >= 4 is 39.2 Å². The van der Waals surface area contributed by atoms with Crippen LogP contribution in [0.15, 0.2) is 16.6 Å². The SMILES string of the molecule is CCCCOC(=O)COc1c(Br)cc(Cl)cc1[N+](=O)[O-]. The molecule has 0 aliphatic heterocycles. The molecule has 0 atom stereocenters. The zero-order valence-electron chi connectivity index (χ0n) is 10.7. The summed E-state index contributed by atoms with van der Waals surface area (Å²) in [6.07, 6.45) is 1.67. The number of rotatable bonds is 7. The van der Waals surface area contributed by atoms with E-state index in [9.17, 15) is 14.9 Å². The smallest absolute Gasteiger partial charge is 0.344 e. The van der Waals surface area contributed by atoms with Gasteiger partial charge in [-0.2, -0.15) is 0 Å². The topological polar surface area (TPSA) is 78.7 Å². The molecule has 0 spiro atoms. The van der Waals surface area contributed by atoms with E-state index >= 15 is 0 Å². The second-order valence-corrected chi connectivity index (χ2v) is 5.15. The van der Waals surface area contributed by atoms with Crippen LogP contribution in [0.4, 0.5) is 5.69 Å². The van der Waals surface area contributed by atoms with Gasteiger partial charge in [-0.05, 0) is 28.4 Å². The average molecular weight is 367 g/mol. The van der Waals surface area contributed by atoms with Crippen molar-refractivity contribution in [3.63, 3.8) is 0 Å². The van der Waals surface area contributed by atoms with Gasteiger partial charge in [0.1, 0.15) is 0 Å². The predicted molar refractivity (Wildman–Crippen MR) is 77.2 cm³/mol. The van der Waals surface area contributed by atoms with Crippen LogP contribution in [0.2, 0.25) is 5.02 Å². The molecule has 0 heterocycles. The van der Waals surface area contributed by atoms with E-state index in [4.69, 9.17) is 21.1 Å². The molecule has 0 N–H and O–H groups in total. The molecule has 0 unspecified atom stereocenters. The fraction of sp³-hybridized carbons (Fsp3) is 0.417. The average Bonchev–Trinajstić information content (AvgIpc) is 2.37. The van der Waals surface area contributed by atoms with Gasteiger partial charge in [0, 0.05) is 11.1 Å². The van der Waals surface area contributed by atoms with Crippen molar-refractivity contribution in [2.75, 3.05) is 13.2 Å². The number of halogens is 2. The summed E-state index contributed by atoms with van der Waals surface area (Å²) in [5.74, 6) is -0.624. The number of nitrogens with zero attached hydrogens (tertiary/aromatic N) is 1. The van der Waals surface area contributed by atoms with E-state index < -0.39 is 17.5 Å². The number of benzene rings is 1. The maximum atomic E-state index is 11.4. The standard InChI is InChI=1S/C12H13BrClNO5/c1-2-3-4-19-11(16)7-20-12-9(13)5-8(14)6-10(12)15(17)18/h5-6H,2-4,7H2,1H3. The van der Waals surface area contributed by atoms with Crippen LogP contribution in [0, 0.1) is 10.1 Å². The Labute approximate surface area is 129 Å². The van der Waals surface area contributed by atoms with Gasteiger partial charge in [0.25, 0.3) is 0 Å². The Bertz CT molecular complexity index is 509. The predicted octanol–water partition coefficient (Wildman–Crippen LogP) is 3.73. The molecule has 8 heteroatoms. The zero-order chi connectivity index (χ0) is 15.1. The van der Waals surface area contributed by atoms with Gasteiger partial charge in [-0.1, -0.05) is 24.9 Å². The van der Waals surface area contributed by atoms with Gasteiger partial charge in [-0.15, -0.1) is 0 Å². The molecule has 1 aromatic rings. The van der Waals surface area contributed by atoms with Crippen LogP contribution in [0.25, 0.3) is 0 Å². The molecular formula is C12H13BrClNO5. The van der Waals surface area contributed by atoms with Gasteiger partial charge in [0.15, 0.2) is 6.61 Å². The van der Waals surface area contributed by atoms with Crippen molar-refractivity contribution in [3.8, 4) is 5.75 Å². The van der Waals surface area contributed by atoms with E-state index in [0.29, 0.717) is 11.1 Å². The number of carbonyl (C=O) groups excluding carboxylic acids is 1. The third-order valence-corrected chi connectivity index (χ3v) is 3.09. The molecule has 6 nitrogen and oxygen atoms in total. The van der Waals surface area contributed by atoms with E-state index in [1.165, 1.54) is 6.07 Å². The van der Waals surface area contributed by atoms with Crippen molar-refractivity contribution in [3.05, 3.63) is 31.7 Å². The highest BCUT2D eigenvalue weighted by Gasteiger charge is 2.21. The molecule has 0 bridgehead atoms. The lowest BCUT2D eigenvalue weighted by molar-refractivity contribution is -0.385. The minimum absolute atomic E-state index is 0.0492. The lowest BCUT2D eigenvalue weighted by Gasteiger charge is -2.09. The maximum absolute atomic E-state index is 11.4. The highest BCUT2D eigenvalue weighted by Crippen LogP contribution is 2.37. The minimum Gasteiger partial charge on any atom is -0.474 e. The Kier molecular flexibility index (Phi) is 6.74. The van der Waals surface area contributed by atoms with Crippen molar-refractivity contribution in [1.29, 1.82) is 0 Å². The summed E-state index contributed by atoms with van der Waals surface area (Å²) in [4.78, 5) is 21.7. The quantitative estimate of drug-likeness (QED) is 0.318. The van der Waals surface area contributed by atoms with Crippen LogP contribution in [0.5, 0.6) is 5.75 Å². The number of hydrogen-bond acceptors (Lipinski definition) is 5. The molecule has 0 amide bonds. The van der Waals surface area contributed by atoms with Crippen molar-refractivity contribution in [1.82, 2.24) is 0 Å². The summed E-state index contributed by atoms with van der Waals surface area (Å²) in [6, 6.07) is 2.61. The second-order valence-electron chi connectivity index (χ2n) is 3.86. The van der Waals surface area contributed by atoms with Crippen LogP contribution >= 0.6 is 27.5 Å². The number of nitro groups is 1. The summed E-state index contributed by atoms with van der Waals surface area (Å²) in [7, 11) is 0. The number of carbonyl (C=O) groups is 1. The summed E-state index contributed by atoms with van der Waals surface area (Å²) in [5.41, 5.74) is -0.314. The normalized spacial score (nSPS) is 10.2. The molecular weight excluding hydrogens is 353 g/mol. The zero-order valence-corrected chi connectivity index (χ0v) is 13.1. The Hall–Kier alpha value is -1.34. The Balaban J connectivity index is 2.72. The lowest BCUT2D eigenvalue weighted by atomic mass is 10.3. The monoisotopic (exact) mass is 365 g/mol. The summed E-state index contributed by atoms with van der Waals surface area (Å²) >= 11 is 8.85. The maximum Gasteiger partial charge on any atom is 0.344 e. The third-order valence-electron chi connectivity index (χ3n) is 2.28. The van der Waals surface area contributed by atoms with Gasteiger partial charge >= 0.3 is 11.7 Å². The van der Waals surface area contributed by atoms with E-state index in [1.807, 2.05) is 6.92 Å². The van der Waals surface area contributed by atoms with Crippen LogP contribution < -0.4 is 4.74 Å². The fourth-order valence-corrected chi connectivity index (χ4v) is 2.24. The first kappa shape index (κ1) is 16.7. The molecule has 1 aromatic carbocycles. The summed E-state index contributed by atoms with van der Waals surface area (Å²) in [6.45, 7) is 1.88. The summed E-state index contributed by atoms with van der Waals surface area (Å²) < 4.78 is 10.4. The van der Waals surface area contributed by atoms with Gasteiger partial charge in [0.05, 0.1) is 16.0 Å². The highest BCUT2D eigenvalue weighted by atomic mass is 79.9. The minimum atomic E-state index is -0.631. The Morgan fingerprint density at radius 1 is 1.50 bits per heavy atom. The first-order valence-electron chi connectivity index (χ1n) is 5.87. The molecule has 0 fully saturated rings. The molecule has 0 saturated heterocycles. The van der Waals surface area contributed by atoms with Crippen molar-refractivity contribution < 1.29 is 19.2 Å². The van der Waals surface area contributed by atoms with Gasteiger partial charge in [-0.3, -0.25) is 10.1 Å². The number of hydrogen-bond donors (Lipinski definition) is 0. The second kappa shape index (κ2) is 8.06. The first-order valence-corrected chi connectivity index (χ1v) is 7.04. The van der Waals surface area contributed by atoms with Crippen LogP contribution in [0.3, 0.4) is 0 Å². The molecule has 0 aliphatic rings. The van der Waals surface area contributed by atoms with E-state index in [-0.39, 0.29) is 16.5 Å². The van der Waals surface area contributed by atoms with Gasteiger partial charge in [0.2, 0.25) is 5.75 Å². The molecule has 1 rings (SSSR count). The van der Waals surface area contributed by atoms with Crippen molar-refractivity contribution in [2.45, 2.75) is 19.8 Å². The molecule has 0 saturated carbocycles. The largest absolute Gasteiger partial charge is 0.474 e. The molecule has 0 radical (unpaired) electrons. The molecule has 20 heavy (non-hydrogen) atoms. The first-order chi connectivity index (χ1) is 9.45. The van der Waals surface area contributed by atoms with Gasteiger partial charge in [-0.25, -0.2) is 4.79 Å². The third kappa shape index (κ3) is 4.97. The van der Waals surface area contributed by atoms with Crippen LogP contribution in [-0.2, 0) is 9.53 Å². The van der Waals surface area contributed by atoms with E-state index in [0.717, 1.165) is 18.9 Å². The van der Waals surface area contributed by atoms with E-state index in [1.54, 1.807) is 0 Å². The van der Waals surface area contributed by atoms with Crippen molar-refractivity contribution in [2.24, 2.45) is 0 Å². The highest BCUT2D eigenvalue weighted by molar-refractivity contribution is 9.10. The van der Waals surface area contributed by atoms with Gasteiger partial charge < -0.3 is 9.47 Å². The Morgan fingerprint density at radius 3 is 2.80 bits per heavy atom. The number of ether oxygens (including phenoxy) is 2.